The molecule has 0 atom stereocenters. The van der Waals surface area contributed by atoms with Gasteiger partial charge in [-0.2, -0.15) is 13.2 Å². The Morgan fingerprint density at radius 2 is 2.05 bits per heavy atom. The summed E-state index contributed by atoms with van der Waals surface area (Å²) in [5.41, 5.74) is 5.26. The van der Waals surface area contributed by atoms with Gasteiger partial charge in [0.05, 0.1) is 17.1 Å². The summed E-state index contributed by atoms with van der Waals surface area (Å²) in [6.07, 6.45) is -3.97. The lowest BCUT2D eigenvalue weighted by Crippen LogP contribution is -2.28. The van der Waals surface area contributed by atoms with E-state index in [1.807, 2.05) is 11.8 Å². The lowest BCUT2D eigenvalue weighted by atomic mass is 10.2. The number of amidine groups is 1. The van der Waals surface area contributed by atoms with E-state index in [2.05, 4.69) is 15.9 Å². The molecule has 0 saturated heterocycles. The molecular formula is C12H15BrF3N3. The molecule has 0 aromatic heterocycles. The largest absolute Gasteiger partial charge is 0.416 e. The van der Waals surface area contributed by atoms with Crippen LogP contribution in [0.5, 0.6) is 0 Å². The van der Waals surface area contributed by atoms with E-state index in [0.717, 1.165) is 12.1 Å². The van der Waals surface area contributed by atoms with Gasteiger partial charge < -0.3 is 10.6 Å². The van der Waals surface area contributed by atoms with E-state index >= 15 is 0 Å². The Kier molecular flexibility index (Phi) is 5.22. The summed E-state index contributed by atoms with van der Waals surface area (Å²) in [6, 6.07) is 3.54. The molecule has 0 radical (unpaired) electrons. The minimum Gasteiger partial charge on any atom is -0.388 e. The minimum atomic E-state index is -4.35. The van der Waals surface area contributed by atoms with Gasteiger partial charge in [0.2, 0.25) is 0 Å². The highest BCUT2D eigenvalue weighted by Crippen LogP contribution is 2.35. The van der Waals surface area contributed by atoms with Gasteiger partial charge in [-0.1, -0.05) is 0 Å². The third-order valence-electron chi connectivity index (χ3n) is 2.65. The predicted molar refractivity (Wildman–Crippen MR) is 73.6 cm³/mol. The van der Waals surface area contributed by atoms with Crippen molar-refractivity contribution < 1.29 is 13.2 Å². The summed E-state index contributed by atoms with van der Waals surface area (Å²) >= 11 is 3.16. The first-order valence-electron chi connectivity index (χ1n) is 5.70. The third kappa shape index (κ3) is 4.41. The molecule has 0 heterocycles. The van der Waals surface area contributed by atoms with Crippen LogP contribution in [0.3, 0.4) is 0 Å². The zero-order chi connectivity index (χ0) is 14.6. The van der Waals surface area contributed by atoms with Crippen molar-refractivity contribution in [2.45, 2.75) is 19.5 Å². The van der Waals surface area contributed by atoms with Crippen molar-refractivity contribution in [2.24, 2.45) is 5.73 Å². The Morgan fingerprint density at radius 1 is 1.42 bits per heavy atom. The SMILES string of the molecule is CCN(CCC(=N)N)c1ccc(C(F)(F)F)cc1Br. The van der Waals surface area contributed by atoms with Crippen molar-refractivity contribution in [2.75, 3.05) is 18.0 Å². The molecule has 0 aliphatic heterocycles. The van der Waals surface area contributed by atoms with E-state index in [0.29, 0.717) is 29.7 Å². The summed E-state index contributed by atoms with van der Waals surface area (Å²) in [6.45, 7) is 3.01. The minimum absolute atomic E-state index is 0.0569. The number of benzene rings is 1. The lowest BCUT2D eigenvalue weighted by Gasteiger charge is -2.24. The Hall–Kier alpha value is -1.24. The van der Waals surface area contributed by atoms with Gasteiger partial charge in [0.1, 0.15) is 0 Å². The van der Waals surface area contributed by atoms with Gasteiger partial charge in [-0.25, -0.2) is 0 Å². The number of anilines is 1. The molecule has 19 heavy (non-hydrogen) atoms. The second kappa shape index (κ2) is 6.27. The molecule has 1 aromatic carbocycles. The maximum absolute atomic E-state index is 12.6. The maximum atomic E-state index is 12.6. The average Bonchev–Trinajstić information content (AvgIpc) is 2.29. The van der Waals surface area contributed by atoms with Crippen LogP contribution in [0.2, 0.25) is 0 Å². The molecule has 0 unspecified atom stereocenters. The fourth-order valence-electron chi connectivity index (χ4n) is 1.64. The smallest absolute Gasteiger partial charge is 0.388 e. The Balaban J connectivity index is 2.96. The highest BCUT2D eigenvalue weighted by atomic mass is 79.9. The highest BCUT2D eigenvalue weighted by molar-refractivity contribution is 9.10. The molecule has 1 rings (SSSR count). The molecule has 0 amide bonds. The van der Waals surface area contributed by atoms with Gasteiger partial charge >= 0.3 is 6.18 Å². The third-order valence-corrected chi connectivity index (χ3v) is 3.28. The second-order valence-electron chi connectivity index (χ2n) is 4.02. The van der Waals surface area contributed by atoms with Crippen molar-refractivity contribution in [3.8, 4) is 0 Å². The summed E-state index contributed by atoms with van der Waals surface area (Å²) in [5.74, 6) is 0.0569. The molecule has 7 heteroatoms. The molecule has 0 bridgehead atoms. The molecule has 0 fully saturated rings. The molecule has 106 valence electrons. The fourth-order valence-corrected chi connectivity index (χ4v) is 2.27. The van der Waals surface area contributed by atoms with E-state index in [-0.39, 0.29) is 5.84 Å². The van der Waals surface area contributed by atoms with Crippen LogP contribution in [0.4, 0.5) is 18.9 Å². The van der Waals surface area contributed by atoms with E-state index in [1.165, 1.54) is 6.07 Å². The van der Waals surface area contributed by atoms with E-state index < -0.39 is 11.7 Å². The van der Waals surface area contributed by atoms with Gasteiger partial charge in [0.15, 0.2) is 0 Å². The number of nitrogens with one attached hydrogen (secondary N) is 1. The quantitative estimate of drug-likeness (QED) is 0.636. The van der Waals surface area contributed by atoms with Crippen LogP contribution in [-0.4, -0.2) is 18.9 Å². The molecular weight excluding hydrogens is 323 g/mol. The fraction of sp³-hybridized carbons (Fsp3) is 0.417. The molecule has 1 aromatic rings. The number of hydrogen-bond acceptors (Lipinski definition) is 2. The number of nitrogens with two attached hydrogens (primary N) is 1. The number of alkyl halides is 3. The molecule has 0 aliphatic carbocycles. The van der Waals surface area contributed by atoms with Crippen molar-refractivity contribution in [1.82, 2.24) is 0 Å². The number of rotatable bonds is 5. The predicted octanol–water partition coefficient (Wildman–Crippen LogP) is 3.62. The van der Waals surface area contributed by atoms with E-state index in [4.69, 9.17) is 11.1 Å². The van der Waals surface area contributed by atoms with Gasteiger partial charge in [0, 0.05) is 24.0 Å². The topological polar surface area (TPSA) is 53.1 Å². The first kappa shape index (κ1) is 15.8. The maximum Gasteiger partial charge on any atom is 0.416 e. The average molecular weight is 338 g/mol. The number of hydrogen-bond donors (Lipinski definition) is 2. The second-order valence-corrected chi connectivity index (χ2v) is 4.87. The number of nitrogens with zero attached hydrogens (tertiary/aromatic N) is 1. The van der Waals surface area contributed by atoms with Crippen molar-refractivity contribution in [3.05, 3.63) is 28.2 Å². The Morgan fingerprint density at radius 3 is 2.47 bits per heavy atom. The van der Waals surface area contributed by atoms with Crippen LogP contribution in [0.1, 0.15) is 18.9 Å². The van der Waals surface area contributed by atoms with Crippen molar-refractivity contribution >= 4 is 27.5 Å². The van der Waals surface area contributed by atoms with E-state index in [1.54, 1.807) is 0 Å². The summed E-state index contributed by atoms with van der Waals surface area (Å²) in [7, 11) is 0. The van der Waals surface area contributed by atoms with Gasteiger partial charge in [-0.15, -0.1) is 0 Å². The summed E-state index contributed by atoms with van der Waals surface area (Å²) < 4.78 is 38.1. The van der Waals surface area contributed by atoms with Crippen LogP contribution in [0, 0.1) is 5.41 Å². The molecule has 0 aliphatic rings. The first-order valence-corrected chi connectivity index (χ1v) is 6.49. The van der Waals surface area contributed by atoms with Crippen LogP contribution in [-0.2, 0) is 6.18 Å². The normalized spacial score (nSPS) is 11.4. The highest BCUT2D eigenvalue weighted by Gasteiger charge is 2.31. The van der Waals surface area contributed by atoms with Crippen LogP contribution >= 0.6 is 15.9 Å². The van der Waals surface area contributed by atoms with Crippen LogP contribution in [0.15, 0.2) is 22.7 Å². The van der Waals surface area contributed by atoms with E-state index in [9.17, 15) is 13.2 Å². The van der Waals surface area contributed by atoms with Gasteiger partial charge in [-0.3, -0.25) is 5.41 Å². The monoisotopic (exact) mass is 337 g/mol. The summed E-state index contributed by atoms with van der Waals surface area (Å²) in [4.78, 5) is 1.87. The number of halogens is 4. The molecule has 0 saturated carbocycles. The van der Waals surface area contributed by atoms with Crippen molar-refractivity contribution in [3.63, 3.8) is 0 Å². The Bertz CT molecular complexity index is 460. The standard InChI is InChI=1S/C12H15BrF3N3/c1-2-19(6-5-11(17)18)10-4-3-8(7-9(10)13)12(14,15)16/h3-4,7H,2,5-6H2,1H3,(H3,17,18). The zero-order valence-corrected chi connectivity index (χ0v) is 12.0. The van der Waals surface area contributed by atoms with Crippen LogP contribution < -0.4 is 10.6 Å². The molecule has 0 spiro atoms. The molecule has 3 N–H and O–H groups in total. The molecule has 3 nitrogen and oxygen atoms in total. The lowest BCUT2D eigenvalue weighted by molar-refractivity contribution is -0.137. The Labute approximate surface area is 118 Å². The first-order chi connectivity index (χ1) is 8.75. The van der Waals surface area contributed by atoms with Crippen molar-refractivity contribution in [1.29, 1.82) is 5.41 Å². The zero-order valence-electron chi connectivity index (χ0n) is 10.4. The van der Waals surface area contributed by atoms with Gasteiger partial charge in [0.25, 0.3) is 0 Å². The van der Waals surface area contributed by atoms with Gasteiger partial charge in [-0.05, 0) is 41.1 Å². The van der Waals surface area contributed by atoms with Crippen LogP contribution in [0.25, 0.3) is 0 Å². The summed E-state index contributed by atoms with van der Waals surface area (Å²) in [5, 5.41) is 7.19.